The van der Waals surface area contributed by atoms with E-state index in [1.165, 1.54) is 4.90 Å². The predicted molar refractivity (Wildman–Crippen MR) is 63.5 cm³/mol. The molecule has 17 heavy (non-hydrogen) atoms. The van der Waals surface area contributed by atoms with Gasteiger partial charge in [0.25, 0.3) is 5.91 Å². The summed E-state index contributed by atoms with van der Waals surface area (Å²) in [4.78, 5) is 27.1. The molecule has 2 saturated heterocycles. The molecular formula is C12H13N3O2. The normalized spacial score (nSPS) is 23.4. The van der Waals surface area contributed by atoms with E-state index >= 15 is 0 Å². The molecule has 2 aliphatic rings. The van der Waals surface area contributed by atoms with Gasteiger partial charge in [-0.3, -0.25) is 4.79 Å². The van der Waals surface area contributed by atoms with Gasteiger partial charge in [0.15, 0.2) is 0 Å². The van der Waals surface area contributed by atoms with Gasteiger partial charge in [-0.1, -0.05) is 0 Å². The summed E-state index contributed by atoms with van der Waals surface area (Å²) in [5.41, 5.74) is 6.81. The molecule has 2 heterocycles. The van der Waals surface area contributed by atoms with Crippen LogP contribution >= 0.6 is 0 Å². The van der Waals surface area contributed by atoms with Gasteiger partial charge in [-0.15, -0.1) is 0 Å². The Balaban J connectivity index is 1.96. The van der Waals surface area contributed by atoms with Crippen LogP contribution in [0.3, 0.4) is 0 Å². The van der Waals surface area contributed by atoms with Crippen molar-refractivity contribution in [3.05, 3.63) is 24.3 Å². The van der Waals surface area contributed by atoms with Crippen LogP contribution in [0.15, 0.2) is 24.3 Å². The van der Waals surface area contributed by atoms with E-state index in [0.29, 0.717) is 17.9 Å². The molecule has 88 valence electrons. The Kier molecular flexibility index (Phi) is 2.07. The van der Waals surface area contributed by atoms with E-state index in [1.54, 1.807) is 29.2 Å². The van der Waals surface area contributed by atoms with Gasteiger partial charge in [0.05, 0.1) is 5.69 Å². The number of carbonyl (C=O) groups is 2. The zero-order valence-electron chi connectivity index (χ0n) is 9.30. The first-order valence-electron chi connectivity index (χ1n) is 5.68. The van der Waals surface area contributed by atoms with E-state index < -0.39 is 0 Å². The minimum atomic E-state index is -0.250. The summed E-state index contributed by atoms with van der Waals surface area (Å²) < 4.78 is 0. The van der Waals surface area contributed by atoms with Gasteiger partial charge < -0.3 is 10.6 Å². The molecule has 1 unspecified atom stereocenters. The third kappa shape index (κ3) is 1.39. The number of anilines is 2. The summed E-state index contributed by atoms with van der Waals surface area (Å²) in [6.45, 7) is 0.681. The minimum absolute atomic E-state index is 0.114. The van der Waals surface area contributed by atoms with Crippen molar-refractivity contribution >= 4 is 23.3 Å². The molecule has 2 aliphatic heterocycles. The highest BCUT2D eigenvalue weighted by Crippen LogP contribution is 2.31. The second kappa shape index (κ2) is 3.48. The van der Waals surface area contributed by atoms with Crippen molar-refractivity contribution in [3.63, 3.8) is 0 Å². The number of nitrogens with two attached hydrogens (primary N) is 1. The number of hydrogen-bond donors (Lipinski definition) is 1. The van der Waals surface area contributed by atoms with Crippen LogP contribution in [0, 0.1) is 0 Å². The second-order valence-corrected chi connectivity index (χ2v) is 4.40. The molecule has 0 aliphatic carbocycles. The molecule has 0 aromatic heterocycles. The number of nitrogens with zero attached hydrogens (tertiary/aromatic N) is 2. The Morgan fingerprint density at radius 3 is 2.53 bits per heavy atom. The fourth-order valence-electron chi connectivity index (χ4n) is 2.49. The van der Waals surface area contributed by atoms with Crippen LogP contribution in [0.25, 0.3) is 0 Å². The van der Waals surface area contributed by atoms with Gasteiger partial charge >= 0.3 is 6.03 Å². The average Bonchev–Trinajstić information content (AvgIpc) is 2.87. The third-order valence-corrected chi connectivity index (χ3v) is 3.35. The van der Waals surface area contributed by atoms with Crippen LogP contribution in [0.1, 0.15) is 12.8 Å². The van der Waals surface area contributed by atoms with Gasteiger partial charge in [-0.2, -0.15) is 0 Å². The van der Waals surface area contributed by atoms with E-state index in [2.05, 4.69) is 0 Å². The molecule has 3 rings (SSSR count). The van der Waals surface area contributed by atoms with E-state index in [-0.39, 0.29) is 18.0 Å². The summed E-state index contributed by atoms with van der Waals surface area (Å²) in [5, 5.41) is 0. The third-order valence-electron chi connectivity index (χ3n) is 3.35. The zero-order chi connectivity index (χ0) is 12.0. The van der Waals surface area contributed by atoms with Crippen LogP contribution in [0.2, 0.25) is 0 Å². The fourth-order valence-corrected chi connectivity index (χ4v) is 2.49. The van der Waals surface area contributed by atoms with Crippen LogP contribution in [0.4, 0.5) is 16.2 Å². The van der Waals surface area contributed by atoms with Crippen molar-refractivity contribution in [1.82, 2.24) is 4.90 Å². The summed E-state index contributed by atoms with van der Waals surface area (Å²) in [6.07, 6.45) is 1.69. The lowest BCUT2D eigenvalue weighted by atomic mass is 10.2. The predicted octanol–water partition coefficient (Wildman–Crippen LogP) is 1.20. The second-order valence-electron chi connectivity index (χ2n) is 4.40. The Bertz CT molecular complexity index is 461. The lowest BCUT2D eigenvalue weighted by molar-refractivity contribution is -0.119. The van der Waals surface area contributed by atoms with Crippen molar-refractivity contribution in [1.29, 1.82) is 0 Å². The summed E-state index contributed by atoms with van der Waals surface area (Å²) in [7, 11) is 0. The molecule has 0 spiro atoms. The van der Waals surface area contributed by atoms with Crippen molar-refractivity contribution in [2.45, 2.75) is 18.9 Å². The minimum Gasteiger partial charge on any atom is -0.399 e. The number of carbonyl (C=O) groups excluding carboxylic acids is 2. The number of hydrogen-bond acceptors (Lipinski definition) is 3. The van der Waals surface area contributed by atoms with Crippen molar-refractivity contribution in [2.75, 3.05) is 17.2 Å². The number of imide groups is 1. The van der Waals surface area contributed by atoms with Gasteiger partial charge in [0.2, 0.25) is 0 Å². The Labute approximate surface area is 98.8 Å². The maximum atomic E-state index is 12.1. The quantitative estimate of drug-likeness (QED) is 0.583. The van der Waals surface area contributed by atoms with Gasteiger partial charge in [-0.05, 0) is 37.1 Å². The molecule has 3 amide bonds. The van der Waals surface area contributed by atoms with Crippen molar-refractivity contribution in [3.8, 4) is 0 Å². The van der Waals surface area contributed by atoms with Gasteiger partial charge in [0, 0.05) is 12.2 Å². The number of benzene rings is 1. The SMILES string of the molecule is Nc1ccc(N2C(=O)C3CCCN3C2=O)cc1. The Hall–Kier alpha value is -2.04. The van der Waals surface area contributed by atoms with Crippen LogP contribution in [-0.4, -0.2) is 29.4 Å². The van der Waals surface area contributed by atoms with Gasteiger partial charge in [-0.25, -0.2) is 9.69 Å². The monoisotopic (exact) mass is 231 g/mol. The van der Waals surface area contributed by atoms with E-state index in [4.69, 9.17) is 5.73 Å². The van der Waals surface area contributed by atoms with E-state index in [1.807, 2.05) is 0 Å². The molecule has 1 atom stereocenters. The fraction of sp³-hybridized carbons (Fsp3) is 0.333. The highest BCUT2D eigenvalue weighted by atomic mass is 16.2. The smallest absolute Gasteiger partial charge is 0.332 e. The molecule has 0 radical (unpaired) electrons. The summed E-state index contributed by atoms with van der Waals surface area (Å²) in [6, 6.07) is 6.33. The largest absolute Gasteiger partial charge is 0.399 e. The number of fused-ring (bicyclic) bond motifs is 1. The molecule has 5 nitrogen and oxygen atoms in total. The van der Waals surface area contributed by atoms with Crippen molar-refractivity contribution in [2.24, 2.45) is 0 Å². The first-order valence-corrected chi connectivity index (χ1v) is 5.68. The Morgan fingerprint density at radius 2 is 1.88 bits per heavy atom. The first-order chi connectivity index (χ1) is 8.18. The number of nitrogen functional groups attached to an aromatic ring is 1. The van der Waals surface area contributed by atoms with E-state index in [9.17, 15) is 9.59 Å². The number of amides is 3. The number of urea groups is 1. The summed E-state index contributed by atoms with van der Waals surface area (Å²) >= 11 is 0. The van der Waals surface area contributed by atoms with Crippen LogP contribution < -0.4 is 10.6 Å². The standard InChI is InChI=1S/C12H13N3O2/c13-8-3-5-9(6-4-8)15-11(16)10-2-1-7-14(10)12(15)17/h3-6,10H,1-2,7,13H2. The molecule has 2 N–H and O–H groups in total. The first kappa shape index (κ1) is 10.1. The molecule has 0 saturated carbocycles. The molecular weight excluding hydrogens is 218 g/mol. The summed E-state index contributed by atoms with van der Waals surface area (Å²) in [5.74, 6) is -0.114. The highest BCUT2D eigenvalue weighted by Gasteiger charge is 2.47. The average molecular weight is 231 g/mol. The molecule has 5 heteroatoms. The lowest BCUT2D eigenvalue weighted by Crippen LogP contribution is -2.32. The van der Waals surface area contributed by atoms with E-state index in [0.717, 1.165) is 12.8 Å². The Morgan fingerprint density at radius 1 is 1.18 bits per heavy atom. The maximum Gasteiger partial charge on any atom is 0.332 e. The molecule has 2 fully saturated rings. The zero-order valence-corrected chi connectivity index (χ0v) is 9.30. The topological polar surface area (TPSA) is 66.6 Å². The highest BCUT2D eigenvalue weighted by molar-refractivity contribution is 6.21. The van der Waals surface area contributed by atoms with Crippen LogP contribution in [0.5, 0.6) is 0 Å². The van der Waals surface area contributed by atoms with Crippen molar-refractivity contribution < 1.29 is 9.59 Å². The van der Waals surface area contributed by atoms with Gasteiger partial charge in [0.1, 0.15) is 6.04 Å². The maximum absolute atomic E-state index is 12.1. The molecule has 1 aromatic rings. The molecule has 0 bridgehead atoms. The lowest BCUT2D eigenvalue weighted by Gasteiger charge is -2.15. The van der Waals surface area contributed by atoms with Crippen LogP contribution in [-0.2, 0) is 4.79 Å². The molecule has 1 aromatic carbocycles. The number of rotatable bonds is 1.